The number of ether oxygens (including phenoxy) is 2. The van der Waals surface area contributed by atoms with E-state index in [1.165, 1.54) is 0 Å². The van der Waals surface area contributed by atoms with Crippen LogP contribution in [0.5, 0.6) is 0 Å². The standard InChI is InChI=1S/C18H27NO4/c1-4-5-6-9-22-17(21)14-13-7-8-18(23-13)11-19(10-12(2)3)16(20)15(14)18/h7-8,12-15H,4-6,9-11H2,1-3H3/t13-,14?,15+,18-/m1/s1. The van der Waals surface area contributed by atoms with Gasteiger partial charge < -0.3 is 14.4 Å². The average molecular weight is 321 g/mol. The summed E-state index contributed by atoms with van der Waals surface area (Å²) >= 11 is 0. The van der Waals surface area contributed by atoms with Crippen molar-refractivity contribution in [3.8, 4) is 0 Å². The molecule has 1 amide bonds. The van der Waals surface area contributed by atoms with E-state index in [-0.39, 0.29) is 18.0 Å². The first-order valence-electron chi connectivity index (χ1n) is 8.81. The minimum absolute atomic E-state index is 0.0426. The van der Waals surface area contributed by atoms with E-state index in [0.717, 1.165) is 19.3 Å². The summed E-state index contributed by atoms with van der Waals surface area (Å²) in [6.07, 6.45) is 6.63. The van der Waals surface area contributed by atoms with Crippen LogP contribution in [0.2, 0.25) is 0 Å². The highest BCUT2D eigenvalue weighted by molar-refractivity contribution is 5.91. The van der Waals surface area contributed by atoms with Gasteiger partial charge in [0, 0.05) is 6.54 Å². The molecule has 5 nitrogen and oxygen atoms in total. The minimum Gasteiger partial charge on any atom is -0.465 e. The first kappa shape index (κ1) is 16.5. The Kier molecular flexibility index (Phi) is 4.50. The number of unbranched alkanes of at least 4 members (excludes halogenated alkanes) is 2. The molecule has 3 rings (SSSR count). The predicted molar refractivity (Wildman–Crippen MR) is 85.6 cm³/mol. The van der Waals surface area contributed by atoms with Gasteiger partial charge in [-0.05, 0) is 12.3 Å². The van der Waals surface area contributed by atoms with Crippen molar-refractivity contribution >= 4 is 11.9 Å². The van der Waals surface area contributed by atoms with Crippen LogP contribution in [0.3, 0.4) is 0 Å². The van der Waals surface area contributed by atoms with Gasteiger partial charge in [0.1, 0.15) is 11.5 Å². The molecule has 1 spiro atoms. The predicted octanol–water partition coefficient (Wildman–Crippen LogP) is 2.16. The molecule has 3 heterocycles. The van der Waals surface area contributed by atoms with E-state index in [2.05, 4.69) is 20.8 Å². The van der Waals surface area contributed by atoms with E-state index in [0.29, 0.717) is 25.6 Å². The van der Waals surface area contributed by atoms with Crippen LogP contribution in [-0.2, 0) is 19.1 Å². The molecule has 5 heteroatoms. The summed E-state index contributed by atoms with van der Waals surface area (Å²) in [6, 6.07) is 0. The SMILES string of the molecule is CCCCCOC(=O)C1[C@H]2C(=O)N(CC(C)C)C[C@]23C=C[C@H]1O3. The maximum absolute atomic E-state index is 12.8. The molecule has 3 aliphatic heterocycles. The maximum atomic E-state index is 12.8. The zero-order valence-electron chi connectivity index (χ0n) is 14.3. The van der Waals surface area contributed by atoms with E-state index < -0.39 is 17.4 Å². The number of amides is 1. The Morgan fingerprint density at radius 3 is 2.96 bits per heavy atom. The first-order valence-corrected chi connectivity index (χ1v) is 8.81. The van der Waals surface area contributed by atoms with Gasteiger partial charge in [0.2, 0.25) is 5.91 Å². The summed E-state index contributed by atoms with van der Waals surface area (Å²) in [6.45, 7) is 7.99. The lowest BCUT2D eigenvalue weighted by atomic mass is 9.77. The number of nitrogens with zero attached hydrogens (tertiary/aromatic N) is 1. The molecule has 2 saturated heterocycles. The van der Waals surface area contributed by atoms with Crippen LogP contribution in [0.25, 0.3) is 0 Å². The monoisotopic (exact) mass is 321 g/mol. The quantitative estimate of drug-likeness (QED) is 0.410. The molecule has 128 valence electrons. The van der Waals surface area contributed by atoms with Crippen LogP contribution in [0, 0.1) is 17.8 Å². The number of carbonyl (C=O) groups is 2. The zero-order valence-corrected chi connectivity index (χ0v) is 14.3. The molecule has 2 fully saturated rings. The molecule has 2 bridgehead atoms. The van der Waals surface area contributed by atoms with Crippen molar-refractivity contribution in [2.45, 2.75) is 51.7 Å². The van der Waals surface area contributed by atoms with Crippen LogP contribution < -0.4 is 0 Å². The third-order valence-electron chi connectivity index (χ3n) is 5.03. The number of hydrogen-bond donors (Lipinski definition) is 0. The Balaban J connectivity index is 1.70. The van der Waals surface area contributed by atoms with E-state index in [1.807, 2.05) is 17.1 Å². The highest BCUT2D eigenvalue weighted by Gasteiger charge is 2.67. The van der Waals surface area contributed by atoms with Crippen molar-refractivity contribution < 1.29 is 19.1 Å². The van der Waals surface area contributed by atoms with Crippen molar-refractivity contribution in [3.05, 3.63) is 12.2 Å². The smallest absolute Gasteiger partial charge is 0.312 e. The maximum Gasteiger partial charge on any atom is 0.312 e. The Morgan fingerprint density at radius 2 is 2.26 bits per heavy atom. The van der Waals surface area contributed by atoms with Gasteiger partial charge in [0.05, 0.1) is 25.2 Å². The Bertz CT molecular complexity index is 515. The highest BCUT2D eigenvalue weighted by atomic mass is 16.6. The zero-order chi connectivity index (χ0) is 16.6. The molecule has 0 aromatic heterocycles. The van der Waals surface area contributed by atoms with Crippen LogP contribution in [-0.4, -0.2) is 48.2 Å². The summed E-state index contributed by atoms with van der Waals surface area (Å²) in [5, 5.41) is 0. The molecule has 0 radical (unpaired) electrons. The lowest BCUT2D eigenvalue weighted by molar-refractivity contribution is -0.154. The molecule has 3 aliphatic rings. The third-order valence-corrected chi connectivity index (χ3v) is 5.03. The second-order valence-corrected chi connectivity index (χ2v) is 7.39. The number of esters is 1. The van der Waals surface area contributed by atoms with Gasteiger partial charge in [-0.25, -0.2) is 0 Å². The summed E-state index contributed by atoms with van der Waals surface area (Å²) in [5.41, 5.74) is -0.607. The van der Waals surface area contributed by atoms with Crippen LogP contribution in [0.1, 0.15) is 40.0 Å². The number of carbonyl (C=O) groups excluding carboxylic acids is 2. The molecule has 4 atom stereocenters. The van der Waals surface area contributed by atoms with Gasteiger partial charge in [0.25, 0.3) is 0 Å². The molecule has 0 aromatic rings. The number of fused-ring (bicyclic) bond motifs is 1. The molecular weight excluding hydrogens is 294 g/mol. The molecule has 0 aromatic carbocycles. The van der Waals surface area contributed by atoms with Gasteiger partial charge in [-0.2, -0.15) is 0 Å². The molecule has 0 aliphatic carbocycles. The van der Waals surface area contributed by atoms with E-state index in [9.17, 15) is 9.59 Å². The van der Waals surface area contributed by atoms with E-state index in [1.54, 1.807) is 0 Å². The van der Waals surface area contributed by atoms with Gasteiger partial charge in [-0.15, -0.1) is 0 Å². The summed E-state index contributed by atoms with van der Waals surface area (Å²) in [5.74, 6) is -0.723. The van der Waals surface area contributed by atoms with E-state index >= 15 is 0 Å². The lowest BCUT2D eigenvalue weighted by Crippen LogP contribution is -2.40. The molecule has 0 saturated carbocycles. The van der Waals surface area contributed by atoms with Gasteiger partial charge in [-0.1, -0.05) is 45.8 Å². The summed E-state index contributed by atoms with van der Waals surface area (Å²) in [7, 11) is 0. The molecular formula is C18H27NO4. The topological polar surface area (TPSA) is 55.8 Å². The second-order valence-electron chi connectivity index (χ2n) is 7.39. The molecule has 1 unspecified atom stereocenters. The normalized spacial score (nSPS) is 34.5. The molecule has 23 heavy (non-hydrogen) atoms. The Hall–Kier alpha value is -1.36. The van der Waals surface area contributed by atoms with Crippen LogP contribution in [0.15, 0.2) is 12.2 Å². The third kappa shape index (κ3) is 2.80. The number of hydrogen-bond acceptors (Lipinski definition) is 4. The van der Waals surface area contributed by atoms with Crippen molar-refractivity contribution in [3.63, 3.8) is 0 Å². The van der Waals surface area contributed by atoms with Crippen molar-refractivity contribution in [1.29, 1.82) is 0 Å². The van der Waals surface area contributed by atoms with Crippen LogP contribution >= 0.6 is 0 Å². The largest absolute Gasteiger partial charge is 0.465 e. The van der Waals surface area contributed by atoms with E-state index in [4.69, 9.17) is 9.47 Å². The lowest BCUT2D eigenvalue weighted by Gasteiger charge is -2.23. The summed E-state index contributed by atoms with van der Waals surface area (Å²) in [4.78, 5) is 27.2. The average Bonchev–Trinajstić information content (AvgIpc) is 3.12. The van der Waals surface area contributed by atoms with Gasteiger partial charge in [0.15, 0.2) is 0 Å². The fourth-order valence-corrected chi connectivity index (χ4v) is 4.06. The van der Waals surface area contributed by atoms with Gasteiger partial charge >= 0.3 is 5.97 Å². The minimum atomic E-state index is -0.607. The van der Waals surface area contributed by atoms with Crippen molar-refractivity contribution in [2.24, 2.45) is 17.8 Å². The fourth-order valence-electron chi connectivity index (χ4n) is 4.06. The van der Waals surface area contributed by atoms with Crippen LogP contribution in [0.4, 0.5) is 0 Å². The first-order chi connectivity index (χ1) is 11.0. The molecule has 0 N–H and O–H groups in total. The van der Waals surface area contributed by atoms with Crippen molar-refractivity contribution in [2.75, 3.05) is 19.7 Å². The number of likely N-dealkylation sites (tertiary alicyclic amines) is 1. The highest BCUT2D eigenvalue weighted by Crippen LogP contribution is 2.52. The van der Waals surface area contributed by atoms with Crippen molar-refractivity contribution in [1.82, 2.24) is 4.90 Å². The number of rotatable bonds is 7. The Labute approximate surface area is 138 Å². The summed E-state index contributed by atoms with van der Waals surface area (Å²) < 4.78 is 11.5. The second kappa shape index (κ2) is 6.27. The van der Waals surface area contributed by atoms with Gasteiger partial charge in [-0.3, -0.25) is 9.59 Å². The Morgan fingerprint density at radius 1 is 1.48 bits per heavy atom. The fraction of sp³-hybridized carbons (Fsp3) is 0.778.